The predicted octanol–water partition coefficient (Wildman–Crippen LogP) is 3.37. The highest BCUT2D eigenvalue weighted by atomic mass is 32.2. The minimum atomic E-state index is -4.86. The van der Waals surface area contributed by atoms with Crippen molar-refractivity contribution in [2.24, 2.45) is 0 Å². The van der Waals surface area contributed by atoms with Gasteiger partial charge in [0.15, 0.2) is 14.6 Å². The van der Waals surface area contributed by atoms with Gasteiger partial charge in [-0.2, -0.15) is 26.3 Å². The van der Waals surface area contributed by atoms with E-state index in [-0.39, 0.29) is 0 Å². The van der Waals surface area contributed by atoms with Crippen LogP contribution in [0.5, 0.6) is 0 Å². The molecule has 1 rings (SSSR count). The molecule has 4 nitrogen and oxygen atoms in total. The number of carbonyl (C=O) groups is 1. The van der Waals surface area contributed by atoms with E-state index in [0.717, 1.165) is 0 Å². The molecule has 0 aliphatic rings. The fourth-order valence-electron chi connectivity index (χ4n) is 1.87. The first-order valence-corrected chi connectivity index (χ1v) is 7.96. The molecule has 0 saturated heterocycles. The molecule has 0 fully saturated rings. The van der Waals surface area contributed by atoms with Crippen molar-refractivity contribution in [2.45, 2.75) is 30.4 Å². The van der Waals surface area contributed by atoms with E-state index >= 15 is 0 Å². The lowest BCUT2D eigenvalue weighted by atomic mass is 9.99. The van der Waals surface area contributed by atoms with Crippen LogP contribution in [0.15, 0.2) is 24.3 Å². The fraction of sp³-hybridized carbons (Fsp3) is 0.462. The van der Waals surface area contributed by atoms with Crippen LogP contribution in [0.2, 0.25) is 0 Å². The van der Waals surface area contributed by atoms with E-state index in [0.29, 0.717) is 31.2 Å². The summed E-state index contributed by atoms with van der Waals surface area (Å²) in [5, 5.41) is 9.20. The maximum atomic E-state index is 12.5. The first kappa shape index (κ1) is 20.3. The zero-order valence-corrected chi connectivity index (χ0v) is 12.9. The van der Waals surface area contributed by atoms with Crippen LogP contribution in [0.3, 0.4) is 0 Å². The third-order valence-electron chi connectivity index (χ3n) is 3.45. The molecule has 1 N–H and O–H groups in total. The van der Waals surface area contributed by atoms with E-state index in [2.05, 4.69) is 0 Å². The number of hydrogen-bond donors (Lipinski definition) is 1. The van der Waals surface area contributed by atoms with Gasteiger partial charge in [-0.1, -0.05) is 12.1 Å². The van der Waals surface area contributed by atoms with Crippen LogP contribution in [-0.2, 0) is 25.6 Å². The number of rotatable bonds is 5. The molecule has 0 heterocycles. The van der Waals surface area contributed by atoms with E-state index in [1.54, 1.807) is 0 Å². The summed E-state index contributed by atoms with van der Waals surface area (Å²) in [7, 11) is -4.86. The van der Waals surface area contributed by atoms with Gasteiger partial charge < -0.3 is 5.11 Å². The molecule has 1 unspecified atom stereocenters. The second kappa shape index (κ2) is 6.26. The van der Waals surface area contributed by atoms with E-state index in [4.69, 9.17) is 0 Å². The SMILES string of the molecule is CC(C(=O)O)(c1ccc(C(F)(F)F)cc1)S(=O)(=O)CCC(F)(F)F. The molecule has 0 aliphatic carbocycles. The number of carboxylic acid groups (broad SMARTS) is 1. The standard InChI is InChI=1S/C13H12F6O4S/c1-11(10(20)21,24(22,23)7-6-12(14,15)16)8-2-4-9(5-3-8)13(17,18)19/h2-5H,6-7H2,1H3,(H,20,21). The average molecular weight is 378 g/mol. The highest BCUT2D eigenvalue weighted by molar-refractivity contribution is 7.93. The highest BCUT2D eigenvalue weighted by Crippen LogP contribution is 2.36. The number of hydrogen-bond acceptors (Lipinski definition) is 3. The van der Waals surface area contributed by atoms with Crippen molar-refractivity contribution in [3.05, 3.63) is 35.4 Å². The van der Waals surface area contributed by atoms with Gasteiger partial charge in [-0.25, -0.2) is 8.42 Å². The van der Waals surface area contributed by atoms with Crippen LogP contribution in [-0.4, -0.2) is 31.4 Å². The van der Waals surface area contributed by atoms with Crippen molar-refractivity contribution in [3.63, 3.8) is 0 Å². The van der Waals surface area contributed by atoms with Gasteiger partial charge in [-0.05, 0) is 24.6 Å². The topological polar surface area (TPSA) is 71.4 Å². The van der Waals surface area contributed by atoms with Gasteiger partial charge in [0, 0.05) is 0 Å². The summed E-state index contributed by atoms with van der Waals surface area (Å²) in [6.45, 7) is 0.642. The Morgan fingerprint density at radius 3 is 1.75 bits per heavy atom. The second-order valence-electron chi connectivity index (χ2n) is 5.10. The van der Waals surface area contributed by atoms with Crippen LogP contribution in [0, 0.1) is 0 Å². The first-order valence-electron chi connectivity index (χ1n) is 6.31. The Balaban J connectivity index is 3.33. The molecule has 1 aromatic rings. The molecule has 0 radical (unpaired) electrons. The van der Waals surface area contributed by atoms with Crippen molar-refractivity contribution in [1.82, 2.24) is 0 Å². The molecule has 0 saturated carbocycles. The summed E-state index contributed by atoms with van der Waals surface area (Å²) in [4.78, 5) is 11.4. The highest BCUT2D eigenvalue weighted by Gasteiger charge is 2.49. The van der Waals surface area contributed by atoms with Crippen molar-refractivity contribution in [2.75, 3.05) is 5.75 Å². The number of halogens is 6. The molecular weight excluding hydrogens is 366 g/mol. The summed E-state index contributed by atoms with van der Waals surface area (Å²) in [6.07, 6.45) is -11.3. The van der Waals surface area contributed by atoms with Gasteiger partial charge in [0.2, 0.25) is 0 Å². The maximum absolute atomic E-state index is 12.5. The van der Waals surface area contributed by atoms with Crippen molar-refractivity contribution in [1.29, 1.82) is 0 Å². The Hall–Kier alpha value is -1.78. The van der Waals surface area contributed by atoms with Crippen LogP contribution in [0.4, 0.5) is 26.3 Å². The summed E-state index contributed by atoms with van der Waals surface area (Å²) in [6, 6.07) is 2.19. The van der Waals surface area contributed by atoms with Gasteiger partial charge in [-0.3, -0.25) is 4.79 Å². The Labute approximate surface area is 133 Å². The summed E-state index contributed by atoms with van der Waals surface area (Å²) in [5.41, 5.74) is -1.71. The zero-order chi connectivity index (χ0) is 19.0. The number of aliphatic carboxylic acids is 1. The number of benzene rings is 1. The Kier molecular flexibility index (Phi) is 5.29. The lowest BCUT2D eigenvalue weighted by Gasteiger charge is -2.26. The molecule has 11 heteroatoms. The van der Waals surface area contributed by atoms with Crippen LogP contribution in [0.25, 0.3) is 0 Å². The average Bonchev–Trinajstić information content (AvgIpc) is 2.42. The predicted molar refractivity (Wildman–Crippen MR) is 70.9 cm³/mol. The fourth-order valence-corrected chi connectivity index (χ4v) is 3.54. The van der Waals surface area contributed by atoms with Gasteiger partial charge in [0.05, 0.1) is 17.7 Å². The number of sulfone groups is 1. The molecule has 1 atom stereocenters. The quantitative estimate of drug-likeness (QED) is 0.798. The van der Waals surface area contributed by atoms with Gasteiger partial charge in [-0.15, -0.1) is 0 Å². The lowest BCUT2D eigenvalue weighted by molar-refractivity contribution is -0.140. The maximum Gasteiger partial charge on any atom is 0.416 e. The molecule has 0 spiro atoms. The summed E-state index contributed by atoms with van der Waals surface area (Å²) >= 11 is 0. The molecule has 24 heavy (non-hydrogen) atoms. The minimum Gasteiger partial charge on any atom is -0.480 e. The van der Waals surface area contributed by atoms with Crippen molar-refractivity contribution in [3.8, 4) is 0 Å². The summed E-state index contributed by atoms with van der Waals surface area (Å²) < 4.78 is 95.6. The molecule has 0 aliphatic heterocycles. The van der Waals surface area contributed by atoms with E-state index in [9.17, 15) is 44.7 Å². The molecule has 0 amide bonds. The van der Waals surface area contributed by atoms with Crippen molar-refractivity contribution >= 4 is 15.8 Å². The molecule has 0 bridgehead atoms. The van der Waals surface area contributed by atoms with E-state index < -0.39 is 56.2 Å². The molecule has 0 aromatic heterocycles. The first-order chi connectivity index (χ1) is 10.6. The molecule has 1 aromatic carbocycles. The Bertz CT molecular complexity index is 705. The van der Waals surface area contributed by atoms with Gasteiger partial charge >= 0.3 is 18.3 Å². The smallest absolute Gasteiger partial charge is 0.416 e. The Morgan fingerprint density at radius 1 is 1.00 bits per heavy atom. The third kappa shape index (κ3) is 4.19. The van der Waals surface area contributed by atoms with Crippen LogP contribution >= 0.6 is 0 Å². The monoisotopic (exact) mass is 378 g/mol. The van der Waals surface area contributed by atoms with Crippen molar-refractivity contribution < 1.29 is 44.7 Å². The van der Waals surface area contributed by atoms with E-state index in [1.165, 1.54) is 0 Å². The molecular formula is C13H12F6O4S. The zero-order valence-electron chi connectivity index (χ0n) is 12.1. The van der Waals surface area contributed by atoms with E-state index in [1.807, 2.05) is 0 Å². The van der Waals surface area contributed by atoms with Crippen LogP contribution in [0.1, 0.15) is 24.5 Å². The van der Waals surface area contributed by atoms with Gasteiger partial charge in [0.1, 0.15) is 0 Å². The summed E-state index contributed by atoms with van der Waals surface area (Å²) in [5.74, 6) is -3.48. The largest absolute Gasteiger partial charge is 0.480 e. The normalized spacial score (nSPS) is 15.8. The minimum absolute atomic E-state index is 0.468. The molecule has 136 valence electrons. The second-order valence-corrected chi connectivity index (χ2v) is 7.55. The lowest BCUT2D eigenvalue weighted by Crippen LogP contribution is -2.43. The van der Waals surface area contributed by atoms with Gasteiger partial charge in [0.25, 0.3) is 0 Å². The Morgan fingerprint density at radius 2 is 1.42 bits per heavy atom. The number of alkyl halides is 6. The third-order valence-corrected chi connectivity index (χ3v) is 5.84. The van der Waals surface area contributed by atoms with Crippen LogP contribution < -0.4 is 0 Å². The number of carboxylic acids is 1.